The van der Waals surface area contributed by atoms with E-state index in [-0.39, 0.29) is 17.8 Å². The minimum Gasteiger partial charge on any atom is -0.444 e. The van der Waals surface area contributed by atoms with Crippen LogP contribution in [0, 0.1) is 18.6 Å². The number of aryl methyl sites for hydroxylation is 1. The van der Waals surface area contributed by atoms with Crippen LogP contribution in [0.5, 0.6) is 0 Å². The van der Waals surface area contributed by atoms with E-state index in [1.54, 1.807) is 20.8 Å². The van der Waals surface area contributed by atoms with E-state index in [2.05, 4.69) is 37.1 Å². The number of benzene rings is 2. The summed E-state index contributed by atoms with van der Waals surface area (Å²) in [7, 11) is 2.12. The zero-order chi connectivity index (χ0) is 34.3. The average Bonchev–Trinajstić information content (AvgIpc) is 3.60. The quantitative estimate of drug-likeness (QED) is 0.302. The van der Waals surface area contributed by atoms with Crippen molar-refractivity contribution in [1.29, 1.82) is 0 Å². The zero-order valence-electron chi connectivity index (χ0n) is 27.7. The van der Waals surface area contributed by atoms with Crippen molar-refractivity contribution in [1.82, 2.24) is 29.5 Å². The van der Waals surface area contributed by atoms with Gasteiger partial charge in [-0.15, -0.1) is 0 Å². The standard InChI is InChI=1S/C34H40F2N8O4/c1-20-37-29-27(43(20)22-14-16-41(5)17-15-22)11-9-25(31(29)42-18-13-21(19-42)38-33(47)48-34(2,3)4)39-32(46)26-10-12-28(45)44(40-26)30-23(35)7-6-8-24(30)36/h6-12,21-22H,13-19H2,1-5H3,(H,38,47)(H,39,46)/t21-/m0/s1. The molecule has 2 N–H and O–H groups in total. The molecule has 2 saturated heterocycles. The second kappa shape index (κ2) is 13.0. The van der Waals surface area contributed by atoms with Gasteiger partial charge in [-0.05, 0) is 97.4 Å². The number of carbonyl (C=O) groups is 2. The first-order chi connectivity index (χ1) is 22.8. The van der Waals surface area contributed by atoms with Crippen LogP contribution in [-0.2, 0) is 4.74 Å². The summed E-state index contributed by atoms with van der Waals surface area (Å²) in [5.41, 5.74) is 0.421. The molecule has 2 aromatic heterocycles. The Labute approximate surface area is 276 Å². The largest absolute Gasteiger partial charge is 0.444 e. The van der Waals surface area contributed by atoms with E-state index >= 15 is 0 Å². The summed E-state index contributed by atoms with van der Waals surface area (Å²) in [4.78, 5) is 48.2. The van der Waals surface area contributed by atoms with E-state index in [9.17, 15) is 23.2 Å². The summed E-state index contributed by atoms with van der Waals surface area (Å²) in [5.74, 6) is -1.81. The van der Waals surface area contributed by atoms with Gasteiger partial charge in [0.25, 0.3) is 11.5 Å². The van der Waals surface area contributed by atoms with Crippen LogP contribution in [0.25, 0.3) is 16.7 Å². The molecule has 0 radical (unpaired) electrons. The predicted octanol–water partition coefficient (Wildman–Crippen LogP) is 4.79. The molecular weight excluding hydrogens is 622 g/mol. The Morgan fingerprint density at radius 3 is 2.35 bits per heavy atom. The maximum atomic E-state index is 14.6. The lowest BCUT2D eigenvalue weighted by Gasteiger charge is -2.31. The van der Waals surface area contributed by atoms with Gasteiger partial charge in [0.15, 0.2) is 11.6 Å². The zero-order valence-corrected chi connectivity index (χ0v) is 27.7. The fraction of sp³-hybridized carbons (Fsp3) is 0.441. The molecule has 4 heterocycles. The van der Waals surface area contributed by atoms with E-state index in [0.717, 1.165) is 55.5 Å². The highest BCUT2D eigenvalue weighted by Gasteiger charge is 2.31. The lowest BCUT2D eigenvalue weighted by molar-refractivity contribution is 0.0509. The molecule has 254 valence electrons. The van der Waals surface area contributed by atoms with E-state index < -0.39 is 40.5 Å². The highest BCUT2D eigenvalue weighted by Crippen LogP contribution is 2.39. The summed E-state index contributed by atoms with van der Waals surface area (Å²) >= 11 is 0. The molecule has 2 aliphatic heterocycles. The number of piperidine rings is 1. The molecule has 2 aliphatic rings. The first-order valence-electron chi connectivity index (χ1n) is 16.1. The van der Waals surface area contributed by atoms with Crippen molar-refractivity contribution in [2.45, 2.75) is 64.6 Å². The Balaban J connectivity index is 1.36. The Hall–Kier alpha value is -4.85. The van der Waals surface area contributed by atoms with Crippen molar-refractivity contribution in [2.24, 2.45) is 0 Å². The number of anilines is 2. The molecule has 14 heteroatoms. The summed E-state index contributed by atoms with van der Waals surface area (Å²) < 4.78 is 37.4. The first-order valence-corrected chi connectivity index (χ1v) is 16.1. The van der Waals surface area contributed by atoms with Gasteiger partial charge in [-0.1, -0.05) is 6.07 Å². The molecule has 0 saturated carbocycles. The Bertz CT molecular complexity index is 1910. The van der Waals surface area contributed by atoms with Gasteiger partial charge >= 0.3 is 6.09 Å². The van der Waals surface area contributed by atoms with Gasteiger partial charge in [-0.2, -0.15) is 9.78 Å². The van der Waals surface area contributed by atoms with Gasteiger partial charge in [0, 0.05) is 25.2 Å². The molecule has 0 bridgehead atoms. The number of halogens is 2. The summed E-state index contributed by atoms with van der Waals surface area (Å²) in [6.07, 6.45) is 2.09. The number of likely N-dealkylation sites (tertiary alicyclic amines) is 1. The summed E-state index contributed by atoms with van der Waals surface area (Å²) in [5, 5.41) is 9.89. The number of nitrogens with zero attached hydrogens (tertiary/aromatic N) is 6. The predicted molar refractivity (Wildman–Crippen MR) is 178 cm³/mol. The fourth-order valence-corrected chi connectivity index (χ4v) is 6.52. The van der Waals surface area contributed by atoms with Gasteiger partial charge in [0.05, 0.1) is 22.9 Å². The number of carbonyl (C=O) groups excluding carboxylic acids is 2. The van der Waals surface area contributed by atoms with Crippen LogP contribution in [-0.4, -0.2) is 81.1 Å². The number of amides is 2. The lowest BCUT2D eigenvalue weighted by atomic mass is 10.0. The lowest BCUT2D eigenvalue weighted by Crippen LogP contribution is -2.40. The topological polar surface area (TPSA) is 127 Å². The van der Waals surface area contributed by atoms with E-state index in [1.165, 1.54) is 12.1 Å². The van der Waals surface area contributed by atoms with Crippen molar-refractivity contribution in [2.75, 3.05) is 43.4 Å². The normalized spacial score (nSPS) is 17.6. The minimum atomic E-state index is -0.992. The third-order valence-corrected chi connectivity index (χ3v) is 8.72. The number of ether oxygens (including phenoxy) is 1. The van der Waals surface area contributed by atoms with Crippen LogP contribution in [0.1, 0.15) is 62.4 Å². The van der Waals surface area contributed by atoms with Gasteiger partial charge in [0.2, 0.25) is 0 Å². The molecule has 1 atom stereocenters. The average molecular weight is 663 g/mol. The molecule has 0 aliphatic carbocycles. The number of nitrogens with one attached hydrogen (secondary N) is 2. The van der Waals surface area contributed by atoms with Crippen LogP contribution >= 0.6 is 0 Å². The van der Waals surface area contributed by atoms with Crippen molar-refractivity contribution in [3.05, 3.63) is 76.0 Å². The SMILES string of the molecule is Cc1nc2c(N3CC[C@H](NC(=O)OC(C)(C)C)C3)c(NC(=O)c3ccc(=O)n(-c4c(F)cccc4F)n3)ccc2n1C1CCN(C)CC1. The smallest absolute Gasteiger partial charge is 0.407 e. The van der Waals surface area contributed by atoms with Crippen molar-refractivity contribution < 1.29 is 23.1 Å². The van der Waals surface area contributed by atoms with Gasteiger partial charge in [0.1, 0.15) is 28.3 Å². The number of hydrogen-bond acceptors (Lipinski definition) is 8. The second-order valence-electron chi connectivity index (χ2n) is 13.5. The van der Waals surface area contributed by atoms with Crippen molar-refractivity contribution >= 4 is 34.4 Å². The van der Waals surface area contributed by atoms with Crippen LogP contribution in [0.2, 0.25) is 0 Å². The van der Waals surface area contributed by atoms with Crippen molar-refractivity contribution in [3.63, 3.8) is 0 Å². The highest BCUT2D eigenvalue weighted by molar-refractivity contribution is 6.08. The van der Waals surface area contributed by atoms with E-state index in [1.807, 2.05) is 19.1 Å². The van der Waals surface area contributed by atoms with Crippen LogP contribution in [0.15, 0.2) is 47.3 Å². The number of rotatable bonds is 6. The number of imidazole rings is 1. The monoisotopic (exact) mass is 662 g/mol. The van der Waals surface area contributed by atoms with Gasteiger partial charge < -0.3 is 29.7 Å². The van der Waals surface area contributed by atoms with Crippen molar-refractivity contribution in [3.8, 4) is 5.69 Å². The number of hydrogen-bond donors (Lipinski definition) is 2. The number of para-hydroxylation sites is 1. The second-order valence-corrected chi connectivity index (χ2v) is 13.5. The molecule has 2 fully saturated rings. The van der Waals surface area contributed by atoms with Crippen LogP contribution in [0.3, 0.4) is 0 Å². The van der Waals surface area contributed by atoms with Crippen LogP contribution in [0.4, 0.5) is 25.0 Å². The van der Waals surface area contributed by atoms with E-state index in [4.69, 9.17) is 9.72 Å². The first kappa shape index (κ1) is 33.1. The molecule has 12 nitrogen and oxygen atoms in total. The van der Waals surface area contributed by atoms with E-state index in [0.29, 0.717) is 41.1 Å². The van der Waals surface area contributed by atoms with Gasteiger partial charge in [-0.3, -0.25) is 9.59 Å². The molecule has 4 aromatic rings. The Morgan fingerprint density at radius 2 is 1.67 bits per heavy atom. The fourth-order valence-electron chi connectivity index (χ4n) is 6.52. The summed E-state index contributed by atoms with van der Waals surface area (Å²) in [6, 6.07) is 9.24. The van der Waals surface area contributed by atoms with Gasteiger partial charge in [-0.25, -0.2) is 18.6 Å². The molecule has 2 amide bonds. The number of aromatic nitrogens is 4. The molecule has 0 unspecified atom stereocenters. The molecule has 2 aromatic carbocycles. The molecule has 6 rings (SSSR count). The Kier molecular flexibility index (Phi) is 8.94. The number of fused-ring (bicyclic) bond motifs is 1. The molecule has 48 heavy (non-hydrogen) atoms. The number of alkyl carbamates (subject to hydrolysis) is 1. The Morgan fingerprint density at radius 1 is 0.958 bits per heavy atom. The summed E-state index contributed by atoms with van der Waals surface area (Å²) in [6.45, 7) is 10.4. The maximum Gasteiger partial charge on any atom is 0.407 e. The maximum absolute atomic E-state index is 14.6. The molecule has 0 spiro atoms. The molecular formula is C34H40F2N8O4. The third kappa shape index (κ3) is 6.75. The highest BCUT2D eigenvalue weighted by atomic mass is 19.1. The minimum absolute atomic E-state index is 0.211. The van der Waals surface area contributed by atoms with Crippen LogP contribution < -0.4 is 21.1 Å². The third-order valence-electron chi connectivity index (χ3n) is 8.72.